The molecule has 2 rings (SSSR count). The van der Waals surface area contributed by atoms with Crippen molar-refractivity contribution in [3.63, 3.8) is 0 Å². The van der Waals surface area contributed by atoms with Crippen molar-refractivity contribution in [1.82, 2.24) is 9.97 Å². The molecule has 2 N–H and O–H groups in total. The van der Waals surface area contributed by atoms with Crippen LogP contribution < -0.4 is 10.6 Å². The van der Waals surface area contributed by atoms with Crippen LogP contribution in [0.1, 0.15) is 46.0 Å². The standard InChI is InChI=1S/C14H23N5O2/c1-3-15-12-11(19(20)21)13(18-10-17-12)16-9-14(2)7-5-4-6-8-14/h10H,3-9H2,1-2H3,(H2,15,16,17,18). The second-order valence-corrected chi connectivity index (χ2v) is 5.93. The van der Waals surface area contributed by atoms with Crippen molar-refractivity contribution >= 4 is 17.3 Å². The molecule has 0 saturated heterocycles. The van der Waals surface area contributed by atoms with E-state index in [4.69, 9.17) is 0 Å². The number of aromatic nitrogens is 2. The summed E-state index contributed by atoms with van der Waals surface area (Å²) in [5.41, 5.74) is 0.119. The molecule has 116 valence electrons. The summed E-state index contributed by atoms with van der Waals surface area (Å²) in [5, 5.41) is 17.4. The van der Waals surface area contributed by atoms with Gasteiger partial charge in [0.2, 0.25) is 11.6 Å². The quantitative estimate of drug-likeness (QED) is 0.618. The van der Waals surface area contributed by atoms with Crippen LogP contribution >= 0.6 is 0 Å². The summed E-state index contributed by atoms with van der Waals surface area (Å²) >= 11 is 0. The summed E-state index contributed by atoms with van der Waals surface area (Å²) in [6, 6.07) is 0. The van der Waals surface area contributed by atoms with Gasteiger partial charge in [-0.2, -0.15) is 0 Å². The van der Waals surface area contributed by atoms with Crippen molar-refractivity contribution in [2.24, 2.45) is 5.41 Å². The van der Waals surface area contributed by atoms with Crippen molar-refractivity contribution in [2.45, 2.75) is 46.0 Å². The molecule has 0 radical (unpaired) electrons. The van der Waals surface area contributed by atoms with E-state index in [9.17, 15) is 10.1 Å². The molecule has 1 fully saturated rings. The molecule has 1 aliphatic rings. The molecule has 1 heterocycles. The zero-order chi connectivity index (χ0) is 15.3. The number of nitrogens with one attached hydrogen (secondary N) is 2. The van der Waals surface area contributed by atoms with Gasteiger partial charge in [-0.3, -0.25) is 10.1 Å². The lowest BCUT2D eigenvalue weighted by Gasteiger charge is -2.33. The maximum atomic E-state index is 11.3. The third-order valence-corrected chi connectivity index (χ3v) is 4.09. The normalized spacial score (nSPS) is 17.2. The smallest absolute Gasteiger partial charge is 0.353 e. The molecule has 21 heavy (non-hydrogen) atoms. The van der Waals surface area contributed by atoms with Crippen LogP contribution in [0.2, 0.25) is 0 Å². The molecule has 7 nitrogen and oxygen atoms in total. The summed E-state index contributed by atoms with van der Waals surface area (Å²) in [6.45, 7) is 5.39. The molecule has 0 spiro atoms. The highest BCUT2D eigenvalue weighted by Crippen LogP contribution is 2.37. The Kier molecular flexibility index (Phi) is 4.93. The zero-order valence-corrected chi connectivity index (χ0v) is 12.7. The highest BCUT2D eigenvalue weighted by atomic mass is 16.6. The average molecular weight is 293 g/mol. The minimum atomic E-state index is -0.427. The van der Waals surface area contributed by atoms with E-state index in [2.05, 4.69) is 27.5 Å². The topological polar surface area (TPSA) is 93.0 Å². The Morgan fingerprint density at radius 1 is 1.24 bits per heavy atom. The Morgan fingerprint density at radius 3 is 2.43 bits per heavy atom. The van der Waals surface area contributed by atoms with Crippen LogP contribution in [0.25, 0.3) is 0 Å². The Bertz CT molecular complexity index is 500. The molecule has 1 aliphatic carbocycles. The van der Waals surface area contributed by atoms with E-state index in [0.29, 0.717) is 18.9 Å². The monoisotopic (exact) mass is 293 g/mol. The maximum Gasteiger partial charge on any atom is 0.353 e. The second kappa shape index (κ2) is 6.69. The molecule has 0 bridgehead atoms. The summed E-state index contributed by atoms with van der Waals surface area (Å²) in [5.74, 6) is 0.576. The van der Waals surface area contributed by atoms with E-state index in [0.717, 1.165) is 12.8 Å². The lowest BCUT2D eigenvalue weighted by molar-refractivity contribution is -0.383. The molecule has 1 aromatic rings. The molecular weight excluding hydrogens is 270 g/mol. The molecule has 0 aliphatic heterocycles. The molecule has 0 atom stereocenters. The largest absolute Gasteiger partial charge is 0.364 e. The third kappa shape index (κ3) is 3.80. The van der Waals surface area contributed by atoms with Gasteiger partial charge in [-0.25, -0.2) is 9.97 Å². The van der Waals surface area contributed by atoms with E-state index in [1.54, 1.807) is 0 Å². The first kappa shape index (κ1) is 15.5. The van der Waals surface area contributed by atoms with Gasteiger partial charge < -0.3 is 10.6 Å². The van der Waals surface area contributed by atoms with Crippen LogP contribution in [-0.2, 0) is 0 Å². The first-order chi connectivity index (χ1) is 10.1. The Labute approximate surface area is 124 Å². The number of rotatable bonds is 6. The van der Waals surface area contributed by atoms with Crippen molar-refractivity contribution < 1.29 is 4.92 Å². The first-order valence-electron chi connectivity index (χ1n) is 7.53. The van der Waals surface area contributed by atoms with E-state index in [-0.39, 0.29) is 16.9 Å². The van der Waals surface area contributed by atoms with Crippen LogP contribution in [0, 0.1) is 15.5 Å². The molecule has 0 amide bonds. The van der Waals surface area contributed by atoms with Gasteiger partial charge in [0.1, 0.15) is 6.33 Å². The molecule has 7 heteroatoms. The Balaban J connectivity index is 2.15. The lowest BCUT2D eigenvalue weighted by Crippen LogP contribution is -2.29. The second-order valence-electron chi connectivity index (χ2n) is 5.93. The van der Waals surface area contributed by atoms with E-state index < -0.39 is 4.92 Å². The van der Waals surface area contributed by atoms with Crippen molar-refractivity contribution in [3.05, 3.63) is 16.4 Å². The number of nitro groups is 1. The number of anilines is 2. The Hall–Kier alpha value is -1.92. The average Bonchev–Trinajstić information content (AvgIpc) is 2.46. The van der Waals surface area contributed by atoms with Crippen molar-refractivity contribution in [1.29, 1.82) is 0 Å². The fourth-order valence-corrected chi connectivity index (χ4v) is 2.86. The van der Waals surface area contributed by atoms with Gasteiger partial charge in [-0.15, -0.1) is 0 Å². The number of hydrogen-bond donors (Lipinski definition) is 2. The van der Waals surface area contributed by atoms with E-state index >= 15 is 0 Å². The van der Waals surface area contributed by atoms with Crippen LogP contribution in [0.3, 0.4) is 0 Å². The van der Waals surface area contributed by atoms with Gasteiger partial charge in [0, 0.05) is 13.1 Å². The summed E-state index contributed by atoms with van der Waals surface area (Å²) in [4.78, 5) is 18.9. The summed E-state index contributed by atoms with van der Waals surface area (Å²) < 4.78 is 0. The van der Waals surface area contributed by atoms with E-state index in [1.165, 1.54) is 25.6 Å². The molecular formula is C14H23N5O2. The van der Waals surface area contributed by atoms with Crippen molar-refractivity contribution in [3.8, 4) is 0 Å². The van der Waals surface area contributed by atoms with Gasteiger partial charge in [0.05, 0.1) is 4.92 Å². The number of hydrogen-bond acceptors (Lipinski definition) is 6. The molecule has 0 unspecified atom stereocenters. The van der Waals surface area contributed by atoms with Gasteiger partial charge >= 0.3 is 5.69 Å². The van der Waals surface area contributed by atoms with Gasteiger partial charge in [-0.1, -0.05) is 26.2 Å². The lowest BCUT2D eigenvalue weighted by atomic mass is 9.76. The van der Waals surface area contributed by atoms with Crippen LogP contribution in [-0.4, -0.2) is 28.0 Å². The third-order valence-electron chi connectivity index (χ3n) is 4.09. The highest BCUT2D eigenvalue weighted by Gasteiger charge is 2.29. The summed E-state index contributed by atoms with van der Waals surface area (Å²) in [6.07, 6.45) is 7.40. The summed E-state index contributed by atoms with van der Waals surface area (Å²) in [7, 11) is 0. The van der Waals surface area contributed by atoms with Crippen LogP contribution in [0.15, 0.2) is 6.33 Å². The maximum absolute atomic E-state index is 11.3. The van der Waals surface area contributed by atoms with E-state index in [1.807, 2.05) is 6.92 Å². The highest BCUT2D eigenvalue weighted by molar-refractivity contribution is 5.69. The molecule has 1 aromatic heterocycles. The van der Waals surface area contributed by atoms with Gasteiger partial charge in [0.15, 0.2) is 0 Å². The zero-order valence-electron chi connectivity index (χ0n) is 12.7. The van der Waals surface area contributed by atoms with Gasteiger partial charge in [0.25, 0.3) is 0 Å². The minimum absolute atomic E-state index is 0.0706. The predicted molar refractivity (Wildman–Crippen MR) is 82.5 cm³/mol. The molecule has 0 aromatic carbocycles. The fourth-order valence-electron chi connectivity index (χ4n) is 2.86. The molecule has 1 saturated carbocycles. The first-order valence-corrected chi connectivity index (χ1v) is 7.53. The Morgan fingerprint density at radius 2 is 1.86 bits per heavy atom. The SMILES string of the molecule is CCNc1ncnc(NCC2(C)CCCCC2)c1[N+](=O)[O-]. The predicted octanol–water partition coefficient (Wildman–Crippen LogP) is 3.20. The van der Waals surface area contributed by atoms with Crippen molar-refractivity contribution in [2.75, 3.05) is 23.7 Å². The fraction of sp³-hybridized carbons (Fsp3) is 0.714. The van der Waals surface area contributed by atoms with Crippen LogP contribution in [0.4, 0.5) is 17.3 Å². The number of nitrogens with zero attached hydrogens (tertiary/aromatic N) is 3. The van der Waals surface area contributed by atoms with Gasteiger partial charge in [-0.05, 0) is 25.2 Å². The minimum Gasteiger partial charge on any atom is -0.364 e. The van der Waals surface area contributed by atoms with Crippen LogP contribution in [0.5, 0.6) is 0 Å².